The van der Waals surface area contributed by atoms with Gasteiger partial charge in [-0.15, -0.1) is 0 Å². The molecule has 1 saturated heterocycles. The predicted octanol–water partition coefficient (Wildman–Crippen LogP) is 2.32. The van der Waals surface area contributed by atoms with E-state index in [9.17, 15) is 0 Å². The maximum Gasteiger partial charge on any atom is 0.105 e. The topological polar surface area (TPSA) is 25.2 Å². The fraction of sp³-hybridized carbons (Fsp3) is 0.600. The molecule has 2 nitrogen and oxygen atoms in total. The first-order valence-electron chi connectivity index (χ1n) is 4.57. The monoisotopic (exact) mass is 165 g/mol. The van der Waals surface area contributed by atoms with E-state index in [4.69, 9.17) is 4.42 Å². The Hall–Kier alpha value is -0.760. The molecule has 0 aromatic carbocycles. The smallest absolute Gasteiger partial charge is 0.105 e. The minimum absolute atomic E-state index is 0.544. The maximum absolute atomic E-state index is 5.49. The van der Waals surface area contributed by atoms with Crippen molar-refractivity contribution < 1.29 is 4.42 Å². The second kappa shape index (κ2) is 2.94. The first-order chi connectivity index (χ1) is 5.77. The van der Waals surface area contributed by atoms with Crippen LogP contribution in [-0.2, 0) is 0 Å². The van der Waals surface area contributed by atoms with E-state index in [-0.39, 0.29) is 0 Å². The molecule has 1 N–H and O–H groups in total. The molecule has 0 spiro atoms. The summed E-state index contributed by atoms with van der Waals surface area (Å²) in [6.45, 7) is 5.20. The van der Waals surface area contributed by atoms with Crippen molar-refractivity contribution in [1.29, 1.82) is 0 Å². The third-order valence-corrected chi connectivity index (χ3v) is 2.52. The van der Waals surface area contributed by atoms with Gasteiger partial charge in [-0.25, -0.2) is 0 Å². The zero-order valence-corrected chi connectivity index (χ0v) is 7.68. The number of hydrogen-bond acceptors (Lipinski definition) is 2. The van der Waals surface area contributed by atoms with E-state index in [1.807, 2.05) is 13.8 Å². The van der Waals surface area contributed by atoms with Gasteiger partial charge in [-0.3, -0.25) is 0 Å². The van der Waals surface area contributed by atoms with Crippen LogP contribution >= 0.6 is 0 Å². The van der Waals surface area contributed by atoms with Crippen molar-refractivity contribution in [2.75, 3.05) is 6.54 Å². The standard InChI is InChI=1S/C10H15NO/c1-7-6-9(8(2)12-7)10-4-3-5-11-10/h6,10-11H,3-5H2,1-2H3/t10-/m1/s1. The van der Waals surface area contributed by atoms with Crippen LogP contribution < -0.4 is 5.32 Å². The molecular weight excluding hydrogens is 150 g/mol. The van der Waals surface area contributed by atoms with Crippen molar-refractivity contribution in [3.63, 3.8) is 0 Å². The third kappa shape index (κ3) is 1.27. The fourth-order valence-electron chi connectivity index (χ4n) is 1.95. The normalized spacial score (nSPS) is 23.3. The molecule has 1 aromatic heterocycles. The summed E-state index contributed by atoms with van der Waals surface area (Å²) in [7, 11) is 0. The minimum atomic E-state index is 0.544. The van der Waals surface area contributed by atoms with Crippen molar-refractivity contribution >= 4 is 0 Å². The molecule has 1 atom stereocenters. The molecule has 1 fully saturated rings. The first kappa shape index (κ1) is 7.87. The molecule has 0 amide bonds. The maximum atomic E-state index is 5.49. The van der Waals surface area contributed by atoms with Gasteiger partial charge < -0.3 is 9.73 Å². The summed E-state index contributed by atoms with van der Waals surface area (Å²) in [5, 5.41) is 3.47. The van der Waals surface area contributed by atoms with Crippen molar-refractivity contribution in [2.24, 2.45) is 0 Å². The Kier molecular flexibility index (Phi) is 1.93. The van der Waals surface area contributed by atoms with Crippen molar-refractivity contribution in [3.05, 3.63) is 23.2 Å². The molecule has 66 valence electrons. The van der Waals surface area contributed by atoms with E-state index < -0.39 is 0 Å². The van der Waals surface area contributed by atoms with Crippen LogP contribution in [-0.4, -0.2) is 6.54 Å². The van der Waals surface area contributed by atoms with Crippen LogP contribution in [0.15, 0.2) is 10.5 Å². The zero-order chi connectivity index (χ0) is 8.55. The van der Waals surface area contributed by atoms with E-state index in [1.165, 1.54) is 18.4 Å². The van der Waals surface area contributed by atoms with Crippen LogP contribution in [0.1, 0.15) is 36.0 Å². The Labute approximate surface area is 73.0 Å². The second-order valence-corrected chi connectivity index (χ2v) is 3.52. The quantitative estimate of drug-likeness (QED) is 0.690. The van der Waals surface area contributed by atoms with E-state index >= 15 is 0 Å². The van der Waals surface area contributed by atoms with Crippen LogP contribution in [0, 0.1) is 13.8 Å². The molecule has 0 radical (unpaired) electrons. The van der Waals surface area contributed by atoms with Gasteiger partial charge in [0.15, 0.2) is 0 Å². The molecule has 1 aliphatic heterocycles. The second-order valence-electron chi connectivity index (χ2n) is 3.52. The Morgan fingerprint density at radius 3 is 2.83 bits per heavy atom. The van der Waals surface area contributed by atoms with Gasteiger partial charge in [0.25, 0.3) is 0 Å². The van der Waals surface area contributed by atoms with E-state index in [0.29, 0.717) is 6.04 Å². The SMILES string of the molecule is Cc1cc([C@H]2CCCN2)c(C)o1. The Bertz CT molecular complexity index is 271. The lowest BCUT2D eigenvalue weighted by Gasteiger charge is -2.07. The van der Waals surface area contributed by atoms with Gasteiger partial charge >= 0.3 is 0 Å². The Morgan fingerprint density at radius 2 is 2.33 bits per heavy atom. The van der Waals surface area contributed by atoms with E-state index in [1.54, 1.807) is 0 Å². The van der Waals surface area contributed by atoms with Crippen LogP contribution in [0.5, 0.6) is 0 Å². The number of hydrogen-bond donors (Lipinski definition) is 1. The highest BCUT2D eigenvalue weighted by Crippen LogP contribution is 2.27. The molecule has 1 aromatic rings. The largest absolute Gasteiger partial charge is 0.466 e. The number of nitrogens with one attached hydrogen (secondary N) is 1. The van der Waals surface area contributed by atoms with Gasteiger partial charge in [-0.2, -0.15) is 0 Å². The van der Waals surface area contributed by atoms with Crippen LogP contribution in [0.3, 0.4) is 0 Å². The molecule has 0 saturated carbocycles. The summed E-state index contributed by atoms with van der Waals surface area (Å²) >= 11 is 0. The average Bonchev–Trinajstić information content (AvgIpc) is 2.58. The lowest BCUT2D eigenvalue weighted by Crippen LogP contribution is -2.12. The molecule has 2 rings (SSSR count). The Balaban J connectivity index is 2.25. The summed E-state index contributed by atoms with van der Waals surface area (Å²) in [5.41, 5.74) is 1.35. The van der Waals surface area contributed by atoms with Crippen LogP contribution in [0.2, 0.25) is 0 Å². The van der Waals surface area contributed by atoms with Gasteiger partial charge in [0.05, 0.1) is 0 Å². The average molecular weight is 165 g/mol. The molecule has 0 aliphatic carbocycles. The minimum Gasteiger partial charge on any atom is -0.466 e. The summed E-state index contributed by atoms with van der Waals surface area (Å²) in [6.07, 6.45) is 2.54. The number of furan rings is 1. The summed E-state index contributed by atoms with van der Waals surface area (Å²) in [5.74, 6) is 2.10. The van der Waals surface area contributed by atoms with Crippen molar-refractivity contribution in [3.8, 4) is 0 Å². The zero-order valence-electron chi connectivity index (χ0n) is 7.68. The highest BCUT2D eigenvalue weighted by molar-refractivity contribution is 5.24. The van der Waals surface area contributed by atoms with Crippen molar-refractivity contribution in [2.45, 2.75) is 32.7 Å². The summed E-state index contributed by atoms with van der Waals surface area (Å²) in [6, 6.07) is 2.70. The van der Waals surface area contributed by atoms with E-state index in [0.717, 1.165) is 18.1 Å². The van der Waals surface area contributed by atoms with Gasteiger partial charge in [-0.1, -0.05) is 0 Å². The molecule has 0 unspecified atom stereocenters. The molecular formula is C10H15NO. The number of rotatable bonds is 1. The van der Waals surface area contributed by atoms with Gasteiger partial charge in [-0.05, 0) is 39.3 Å². The van der Waals surface area contributed by atoms with Gasteiger partial charge in [0, 0.05) is 11.6 Å². The molecule has 1 aliphatic rings. The predicted molar refractivity (Wildman–Crippen MR) is 48.2 cm³/mol. The van der Waals surface area contributed by atoms with Crippen LogP contribution in [0.4, 0.5) is 0 Å². The van der Waals surface area contributed by atoms with Crippen LogP contribution in [0.25, 0.3) is 0 Å². The van der Waals surface area contributed by atoms with Gasteiger partial charge in [0.2, 0.25) is 0 Å². The molecule has 12 heavy (non-hydrogen) atoms. The Morgan fingerprint density at radius 1 is 1.50 bits per heavy atom. The van der Waals surface area contributed by atoms with Crippen molar-refractivity contribution in [1.82, 2.24) is 5.32 Å². The van der Waals surface area contributed by atoms with Gasteiger partial charge in [0.1, 0.15) is 11.5 Å². The summed E-state index contributed by atoms with van der Waals surface area (Å²) < 4.78 is 5.49. The third-order valence-electron chi connectivity index (χ3n) is 2.52. The highest BCUT2D eigenvalue weighted by Gasteiger charge is 2.19. The van der Waals surface area contributed by atoms with E-state index in [2.05, 4.69) is 11.4 Å². The lowest BCUT2D eigenvalue weighted by atomic mass is 10.1. The molecule has 2 heteroatoms. The number of aryl methyl sites for hydroxylation is 2. The molecule has 2 heterocycles. The summed E-state index contributed by atoms with van der Waals surface area (Å²) in [4.78, 5) is 0. The highest BCUT2D eigenvalue weighted by atomic mass is 16.3. The molecule has 0 bridgehead atoms. The first-order valence-corrected chi connectivity index (χ1v) is 4.57. The fourth-order valence-corrected chi connectivity index (χ4v) is 1.95. The lowest BCUT2D eigenvalue weighted by molar-refractivity contribution is 0.494.